The number of halogens is 4. The Labute approximate surface area is 267 Å². The number of hydrogen-bond acceptors (Lipinski definition) is 8. The number of nitrogens with one attached hydrogen (secondary N) is 3. The predicted octanol–water partition coefficient (Wildman–Crippen LogP) is 2.81. The Hall–Kier alpha value is -3.89. The number of fused-ring (bicyclic) bond motifs is 2. The highest BCUT2D eigenvalue weighted by Gasteiger charge is 2.55. The van der Waals surface area contributed by atoms with E-state index in [-0.39, 0.29) is 47.7 Å². The van der Waals surface area contributed by atoms with Crippen LogP contribution in [0.3, 0.4) is 0 Å². The quantitative estimate of drug-likeness (QED) is 0.222. The van der Waals surface area contributed by atoms with Crippen molar-refractivity contribution in [2.24, 2.45) is 17.6 Å². The Morgan fingerprint density at radius 2 is 1.70 bits per heavy atom. The van der Waals surface area contributed by atoms with Gasteiger partial charge in [0.05, 0.1) is 27.9 Å². The molecule has 4 rings (SSSR count). The molecule has 0 aliphatic heterocycles. The van der Waals surface area contributed by atoms with Crippen LogP contribution in [0, 0.1) is 29.3 Å². The minimum absolute atomic E-state index is 0.0115. The number of benzene rings is 2. The topological polar surface area (TPSA) is 194 Å². The van der Waals surface area contributed by atoms with Crippen LogP contribution >= 0.6 is 11.6 Å². The second-order valence-electron chi connectivity index (χ2n) is 11.4. The first-order valence-corrected chi connectivity index (χ1v) is 16.1. The number of primary amides is 1. The fourth-order valence-electron chi connectivity index (χ4n) is 6.13. The number of aliphatic hydroxyl groups is 1. The van der Waals surface area contributed by atoms with Gasteiger partial charge in [0.15, 0.2) is 27.3 Å². The first-order chi connectivity index (χ1) is 21.6. The second-order valence-corrected chi connectivity index (χ2v) is 14.0. The molecule has 12 nitrogen and oxygen atoms in total. The maximum absolute atomic E-state index is 13.8. The number of ether oxygens (including phenoxy) is 1. The lowest BCUT2D eigenvalue weighted by Gasteiger charge is -2.42. The molecule has 2 aromatic carbocycles. The molecule has 2 fully saturated rings. The molecule has 1 unspecified atom stereocenters. The van der Waals surface area contributed by atoms with Crippen molar-refractivity contribution in [3.63, 3.8) is 0 Å². The zero-order chi connectivity index (χ0) is 34.0. The van der Waals surface area contributed by atoms with Crippen molar-refractivity contribution >= 4 is 50.9 Å². The first-order valence-electron chi connectivity index (χ1n) is 14.2. The SMILES string of the molecule is COC(=O)N[C@@H](CCC(N)=O)C(=O)NC[C@@]1(O)C2CC[C@H]1C[C@H](S(=O)(=O)c1cc(C(=O)Nc3cc(F)c(F)c(F)c3)ccc1Cl)C2. The monoisotopic (exact) mass is 688 g/mol. The molecule has 4 amide bonds. The number of alkyl carbamates (subject to hydrolysis) is 1. The largest absolute Gasteiger partial charge is 0.453 e. The third-order valence-corrected chi connectivity index (χ3v) is 11.2. The normalized spacial score (nSPS) is 22.9. The lowest BCUT2D eigenvalue weighted by atomic mass is 9.74. The van der Waals surface area contributed by atoms with Gasteiger partial charge >= 0.3 is 6.09 Å². The third kappa shape index (κ3) is 7.39. The lowest BCUT2D eigenvalue weighted by Crippen LogP contribution is -2.57. The molecule has 250 valence electrons. The van der Waals surface area contributed by atoms with Crippen LogP contribution in [0.4, 0.5) is 23.7 Å². The lowest BCUT2D eigenvalue weighted by molar-refractivity contribution is -0.126. The van der Waals surface area contributed by atoms with Gasteiger partial charge in [-0.2, -0.15) is 0 Å². The fraction of sp³-hybridized carbons (Fsp3) is 0.448. The molecular weight excluding hydrogens is 657 g/mol. The molecule has 2 saturated carbocycles. The Kier molecular flexibility index (Phi) is 10.5. The van der Waals surface area contributed by atoms with Gasteiger partial charge < -0.3 is 31.5 Å². The van der Waals surface area contributed by atoms with Gasteiger partial charge in [-0.25, -0.2) is 26.4 Å². The van der Waals surface area contributed by atoms with E-state index >= 15 is 0 Å². The Balaban J connectivity index is 1.47. The molecule has 2 aromatic rings. The number of carbonyl (C=O) groups excluding carboxylic acids is 4. The van der Waals surface area contributed by atoms with E-state index in [0.29, 0.717) is 25.0 Å². The van der Waals surface area contributed by atoms with Crippen molar-refractivity contribution in [2.45, 2.75) is 60.3 Å². The summed E-state index contributed by atoms with van der Waals surface area (Å²) in [4.78, 5) is 48.2. The zero-order valence-electron chi connectivity index (χ0n) is 24.4. The summed E-state index contributed by atoms with van der Waals surface area (Å²) in [5.41, 5.74) is 3.11. The maximum atomic E-state index is 13.8. The van der Waals surface area contributed by atoms with E-state index in [2.05, 4.69) is 20.7 Å². The van der Waals surface area contributed by atoms with Gasteiger partial charge in [-0.05, 0) is 62.1 Å². The van der Waals surface area contributed by atoms with E-state index in [0.717, 1.165) is 13.2 Å². The molecule has 2 bridgehead atoms. The van der Waals surface area contributed by atoms with Crippen LogP contribution in [-0.2, 0) is 24.2 Å². The molecule has 2 aliphatic rings. The Morgan fingerprint density at radius 1 is 1.09 bits per heavy atom. The van der Waals surface area contributed by atoms with Crippen LogP contribution in [0.25, 0.3) is 0 Å². The van der Waals surface area contributed by atoms with E-state index in [4.69, 9.17) is 17.3 Å². The Bertz CT molecular complexity index is 1620. The number of rotatable bonds is 11. The zero-order valence-corrected chi connectivity index (χ0v) is 26.0. The maximum Gasteiger partial charge on any atom is 0.407 e. The number of sulfone groups is 1. The van der Waals surface area contributed by atoms with Crippen molar-refractivity contribution in [1.29, 1.82) is 0 Å². The summed E-state index contributed by atoms with van der Waals surface area (Å²) < 4.78 is 72.6. The highest BCUT2D eigenvalue weighted by molar-refractivity contribution is 7.92. The van der Waals surface area contributed by atoms with E-state index in [1.165, 1.54) is 12.1 Å². The number of nitrogens with two attached hydrogens (primary N) is 1. The number of anilines is 1. The summed E-state index contributed by atoms with van der Waals surface area (Å²) in [5.74, 6) is -8.16. The average Bonchev–Trinajstić information content (AvgIpc) is 3.15. The molecule has 17 heteroatoms. The van der Waals surface area contributed by atoms with Crippen LogP contribution in [0.2, 0.25) is 5.02 Å². The molecular formula is C29H32ClF3N4O8S. The van der Waals surface area contributed by atoms with Crippen molar-refractivity contribution in [2.75, 3.05) is 19.0 Å². The number of methoxy groups -OCH3 is 1. The molecule has 0 saturated heterocycles. The number of hydrogen-bond donors (Lipinski definition) is 5. The van der Waals surface area contributed by atoms with Gasteiger partial charge in [0.1, 0.15) is 6.04 Å². The third-order valence-electron chi connectivity index (χ3n) is 8.57. The van der Waals surface area contributed by atoms with E-state index < -0.39 is 85.5 Å². The van der Waals surface area contributed by atoms with Crippen molar-refractivity contribution in [1.82, 2.24) is 10.6 Å². The van der Waals surface area contributed by atoms with Crippen LogP contribution < -0.4 is 21.7 Å². The molecule has 0 aromatic heterocycles. The van der Waals surface area contributed by atoms with Crippen molar-refractivity contribution < 1.29 is 50.6 Å². The van der Waals surface area contributed by atoms with Crippen molar-refractivity contribution in [3.8, 4) is 0 Å². The van der Waals surface area contributed by atoms with Crippen LogP contribution in [0.15, 0.2) is 35.2 Å². The highest BCUT2D eigenvalue weighted by Crippen LogP contribution is 2.52. The second kappa shape index (κ2) is 13.8. The molecule has 5 atom stereocenters. The molecule has 0 radical (unpaired) electrons. The van der Waals surface area contributed by atoms with E-state index in [9.17, 15) is 45.9 Å². The van der Waals surface area contributed by atoms with Gasteiger partial charge in [0, 0.05) is 36.3 Å². The standard InChI is InChI=1S/C29H32ClF3N4O8S/c1-45-28(41)37-22(6-7-24(34)38)27(40)35-13-29(42)15-3-4-16(29)10-18(9-15)46(43,44)23-8-14(2-5-19(23)30)26(39)36-17-11-20(31)25(33)21(32)12-17/h2,5,8,11-12,15-16,18,22,42H,3-4,6-7,9-10,13H2,1H3,(H2,34,38)(H,35,40)(H,36,39)(H,37,41)/t15-,16?,18-,22-,29-/m0/s1. The number of carbonyl (C=O) groups is 4. The smallest absolute Gasteiger partial charge is 0.407 e. The van der Waals surface area contributed by atoms with E-state index in [1.807, 2.05) is 0 Å². The van der Waals surface area contributed by atoms with Gasteiger partial charge in [0.25, 0.3) is 5.91 Å². The summed E-state index contributed by atoms with van der Waals surface area (Å²) in [5, 5.41) is 17.6. The van der Waals surface area contributed by atoms with Crippen LogP contribution in [0.5, 0.6) is 0 Å². The summed E-state index contributed by atoms with van der Waals surface area (Å²) >= 11 is 6.26. The van der Waals surface area contributed by atoms with Gasteiger partial charge in [0.2, 0.25) is 11.8 Å². The molecule has 6 N–H and O–H groups in total. The predicted molar refractivity (Wildman–Crippen MR) is 158 cm³/mol. The minimum Gasteiger partial charge on any atom is -0.453 e. The summed E-state index contributed by atoms with van der Waals surface area (Å²) in [7, 11) is -3.08. The average molecular weight is 689 g/mol. The summed E-state index contributed by atoms with van der Waals surface area (Å²) in [6.07, 6.45) is -0.267. The minimum atomic E-state index is -4.18. The van der Waals surface area contributed by atoms with Gasteiger partial charge in [-0.3, -0.25) is 14.4 Å². The van der Waals surface area contributed by atoms with E-state index in [1.54, 1.807) is 0 Å². The number of amides is 4. The van der Waals surface area contributed by atoms with Crippen molar-refractivity contribution in [3.05, 3.63) is 58.4 Å². The summed E-state index contributed by atoms with van der Waals surface area (Å²) in [6, 6.07) is 3.41. The van der Waals surface area contributed by atoms with Crippen LogP contribution in [0.1, 0.15) is 48.9 Å². The fourth-order valence-corrected chi connectivity index (χ4v) is 8.54. The molecule has 0 heterocycles. The molecule has 2 aliphatic carbocycles. The highest BCUT2D eigenvalue weighted by atomic mass is 35.5. The Morgan fingerprint density at radius 3 is 2.26 bits per heavy atom. The first kappa shape index (κ1) is 35.0. The van der Waals surface area contributed by atoms with Gasteiger partial charge in [-0.15, -0.1) is 0 Å². The molecule has 0 spiro atoms. The summed E-state index contributed by atoms with van der Waals surface area (Å²) in [6.45, 7) is -0.245. The molecule has 46 heavy (non-hydrogen) atoms. The van der Waals surface area contributed by atoms with Crippen LogP contribution in [-0.4, -0.2) is 67.9 Å². The van der Waals surface area contributed by atoms with Gasteiger partial charge in [-0.1, -0.05) is 11.6 Å².